The van der Waals surface area contributed by atoms with Crippen LogP contribution in [0.4, 0.5) is 9.59 Å². The van der Waals surface area contributed by atoms with Crippen molar-refractivity contribution in [3.05, 3.63) is 0 Å². The van der Waals surface area contributed by atoms with Crippen LogP contribution in [0.3, 0.4) is 0 Å². The number of nitrogens with two attached hydrogens (primary N) is 2. The number of nitrogens with one attached hydrogen (secondary N) is 4. The Morgan fingerprint density at radius 3 is 1.67 bits per heavy atom. The fraction of sp³-hybridized carbons (Fsp3) is 0.778. The number of urea groups is 2. The molecule has 18 heavy (non-hydrogen) atoms. The Morgan fingerprint density at radius 1 is 0.944 bits per heavy atom. The van der Waals surface area contributed by atoms with E-state index in [-0.39, 0.29) is 12.1 Å². The lowest BCUT2D eigenvalue weighted by atomic mass is 10.3. The van der Waals surface area contributed by atoms with Crippen LogP contribution in [0.15, 0.2) is 0 Å². The van der Waals surface area contributed by atoms with Crippen LogP contribution in [0.5, 0.6) is 0 Å². The Balaban J connectivity index is 3.35. The van der Waals surface area contributed by atoms with Crippen molar-refractivity contribution in [1.82, 2.24) is 26.4 Å². The van der Waals surface area contributed by atoms with Crippen molar-refractivity contribution in [2.45, 2.75) is 12.8 Å². The Hall–Kier alpha value is -1.58. The molecule has 0 aromatic carbocycles. The number of hydrazine groups is 2. The van der Waals surface area contributed by atoms with Crippen molar-refractivity contribution in [2.75, 3.05) is 33.2 Å². The lowest BCUT2D eigenvalue weighted by Crippen LogP contribution is -2.41. The molecule has 0 heterocycles. The molecule has 0 aromatic heterocycles. The summed E-state index contributed by atoms with van der Waals surface area (Å²) < 4.78 is 0. The summed E-state index contributed by atoms with van der Waals surface area (Å²) in [7, 11) is 1.98. The van der Waals surface area contributed by atoms with E-state index in [9.17, 15) is 9.59 Å². The maximum atomic E-state index is 10.7. The maximum Gasteiger partial charge on any atom is 0.328 e. The Bertz CT molecular complexity index is 225. The molecule has 0 radical (unpaired) electrons. The molecular weight excluding hydrogens is 238 g/mol. The zero-order chi connectivity index (χ0) is 13.8. The van der Waals surface area contributed by atoms with Crippen LogP contribution in [0.25, 0.3) is 0 Å². The van der Waals surface area contributed by atoms with Crippen LogP contribution in [0, 0.1) is 0 Å². The van der Waals surface area contributed by atoms with Crippen molar-refractivity contribution in [3.8, 4) is 0 Å². The summed E-state index contributed by atoms with van der Waals surface area (Å²) in [5, 5.41) is 5.19. The van der Waals surface area contributed by atoms with Crippen LogP contribution in [-0.2, 0) is 0 Å². The quantitative estimate of drug-likeness (QED) is 0.130. The Kier molecular flexibility index (Phi) is 9.64. The van der Waals surface area contributed by atoms with E-state index < -0.39 is 0 Å². The van der Waals surface area contributed by atoms with Gasteiger partial charge in [0.2, 0.25) is 0 Å². The first-order valence-electron chi connectivity index (χ1n) is 5.77. The smallest absolute Gasteiger partial charge is 0.328 e. The van der Waals surface area contributed by atoms with E-state index in [0.29, 0.717) is 13.1 Å². The summed E-state index contributed by atoms with van der Waals surface area (Å²) in [6.07, 6.45) is 1.67. The number of rotatable bonds is 8. The van der Waals surface area contributed by atoms with E-state index in [2.05, 4.69) is 15.5 Å². The van der Waals surface area contributed by atoms with Crippen LogP contribution in [0.1, 0.15) is 12.8 Å². The van der Waals surface area contributed by atoms with E-state index in [1.165, 1.54) is 0 Å². The van der Waals surface area contributed by atoms with Gasteiger partial charge in [0.1, 0.15) is 0 Å². The number of nitrogens with zero attached hydrogens (tertiary/aromatic N) is 1. The number of amides is 4. The largest absolute Gasteiger partial charge is 0.337 e. The second-order valence-electron chi connectivity index (χ2n) is 3.81. The van der Waals surface area contributed by atoms with Crippen molar-refractivity contribution in [2.24, 2.45) is 11.7 Å². The molecular formula is C9H23N7O2. The SMILES string of the molecule is CN(CCCNC(=O)NN)CCCNC(=O)NN. The molecule has 0 spiro atoms. The molecule has 0 atom stereocenters. The van der Waals surface area contributed by atoms with Gasteiger partial charge in [0.05, 0.1) is 0 Å². The van der Waals surface area contributed by atoms with Crippen molar-refractivity contribution in [1.29, 1.82) is 0 Å². The molecule has 9 nitrogen and oxygen atoms in total. The minimum absolute atomic E-state index is 0.380. The molecule has 0 unspecified atom stereocenters. The molecule has 106 valence electrons. The fourth-order valence-electron chi connectivity index (χ4n) is 1.32. The molecule has 0 aromatic rings. The summed E-state index contributed by atoms with van der Waals surface area (Å²) in [5.41, 5.74) is 3.98. The minimum atomic E-state index is -0.380. The molecule has 0 fully saturated rings. The summed E-state index contributed by atoms with van der Waals surface area (Å²) in [6, 6.07) is -0.760. The summed E-state index contributed by atoms with van der Waals surface area (Å²) in [5.74, 6) is 9.82. The molecule has 8 N–H and O–H groups in total. The van der Waals surface area contributed by atoms with E-state index in [4.69, 9.17) is 11.7 Å². The first-order chi connectivity index (χ1) is 8.60. The van der Waals surface area contributed by atoms with Crippen LogP contribution in [0.2, 0.25) is 0 Å². The van der Waals surface area contributed by atoms with Gasteiger partial charge in [-0.15, -0.1) is 0 Å². The number of hydrogen-bond donors (Lipinski definition) is 6. The summed E-state index contributed by atoms with van der Waals surface area (Å²) >= 11 is 0. The number of carbonyl (C=O) groups is 2. The molecule has 9 heteroatoms. The lowest BCUT2D eigenvalue weighted by molar-refractivity contribution is 0.239. The monoisotopic (exact) mass is 261 g/mol. The van der Waals surface area contributed by atoms with Crippen LogP contribution >= 0.6 is 0 Å². The molecule has 4 amide bonds. The number of carbonyl (C=O) groups excluding carboxylic acids is 2. The third-order valence-electron chi connectivity index (χ3n) is 2.27. The molecule has 0 saturated heterocycles. The van der Waals surface area contributed by atoms with Crippen molar-refractivity contribution in [3.63, 3.8) is 0 Å². The average Bonchev–Trinajstić information content (AvgIpc) is 2.38. The van der Waals surface area contributed by atoms with E-state index in [1.807, 2.05) is 17.9 Å². The highest BCUT2D eigenvalue weighted by Gasteiger charge is 2.00. The fourth-order valence-corrected chi connectivity index (χ4v) is 1.32. The zero-order valence-corrected chi connectivity index (χ0v) is 10.7. The molecule has 0 rings (SSSR count). The predicted octanol–water partition coefficient (Wildman–Crippen LogP) is -1.96. The molecule has 0 bridgehead atoms. The van der Waals surface area contributed by atoms with Gasteiger partial charge in [0, 0.05) is 13.1 Å². The summed E-state index contributed by atoms with van der Waals surface area (Å²) in [4.78, 5) is 23.6. The van der Waals surface area contributed by atoms with Gasteiger partial charge in [-0.2, -0.15) is 0 Å². The first-order valence-corrected chi connectivity index (χ1v) is 5.77. The van der Waals surface area contributed by atoms with Gasteiger partial charge in [-0.05, 0) is 33.0 Å². The van der Waals surface area contributed by atoms with Crippen molar-refractivity contribution < 1.29 is 9.59 Å². The standard InChI is InChI=1S/C9H23N7O2/c1-16(6-2-4-12-8(17)14-10)7-3-5-13-9(18)15-11/h2-7,10-11H2,1H3,(H2,12,14,17)(H2,13,15,18). The zero-order valence-electron chi connectivity index (χ0n) is 10.7. The predicted molar refractivity (Wildman–Crippen MR) is 68.2 cm³/mol. The minimum Gasteiger partial charge on any atom is -0.337 e. The normalized spacial score (nSPS) is 10.0. The summed E-state index contributed by atoms with van der Waals surface area (Å²) in [6.45, 7) is 2.85. The third-order valence-corrected chi connectivity index (χ3v) is 2.27. The van der Waals surface area contributed by atoms with Crippen LogP contribution in [-0.4, -0.2) is 50.2 Å². The average molecular weight is 261 g/mol. The molecule has 0 aliphatic carbocycles. The highest BCUT2D eigenvalue weighted by Crippen LogP contribution is 1.89. The lowest BCUT2D eigenvalue weighted by Gasteiger charge is -2.16. The van der Waals surface area contributed by atoms with E-state index >= 15 is 0 Å². The molecule has 0 aliphatic rings. The van der Waals surface area contributed by atoms with Gasteiger partial charge >= 0.3 is 12.1 Å². The van der Waals surface area contributed by atoms with Crippen LogP contribution < -0.4 is 33.2 Å². The van der Waals surface area contributed by atoms with Gasteiger partial charge in [0.25, 0.3) is 0 Å². The highest BCUT2D eigenvalue weighted by atomic mass is 16.2. The van der Waals surface area contributed by atoms with Crippen molar-refractivity contribution >= 4 is 12.1 Å². The second-order valence-corrected chi connectivity index (χ2v) is 3.81. The Morgan fingerprint density at radius 2 is 1.33 bits per heavy atom. The number of hydrogen-bond acceptors (Lipinski definition) is 5. The van der Waals surface area contributed by atoms with E-state index in [0.717, 1.165) is 25.9 Å². The van der Waals surface area contributed by atoms with Gasteiger partial charge in [-0.3, -0.25) is 10.9 Å². The maximum absolute atomic E-state index is 10.7. The second kappa shape index (κ2) is 10.6. The molecule has 0 aliphatic heterocycles. The Labute approximate surface area is 107 Å². The highest BCUT2D eigenvalue weighted by molar-refractivity contribution is 5.73. The van der Waals surface area contributed by atoms with Gasteiger partial charge < -0.3 is 15.5 Å². The third kappa shape index (κ3) is 9.63. The van der Waals surface area contributed by atoms with Gasteiger partial charge in [-0.25, -0.2) is 21.3 Å². The van der Waals surface area contributed by atoms with Gasteiger partial charge in [0.15, 0.2) is 0 Å². The topological polar surface area (TPSA) is 138 Å². The first kappa shape index (κ1) is 16.4. The van der Waals surface area contributed by atoms with Gasteiger partial charge in [-0.1, -0.05) is 0 Å². The van der Waals surface area contributed by atoms with E-state index in [1.54, 1.807) is 0 Å². The molecule has 0 saturated carbocycles.